The van der Waals surface area contributed by atoms with Gasteiger partial charge in [0.15, 0.2) is 0 Å². The van der Waals surface area contributed by atoms with Crippen LogP contribution in [0.15, 0.2) is 67.6 Å². The zero-order valence-electron chi connectivity index (χ0n) is 20.0. The van der Waals surface area contributed by atoms with Crippen molar-refractivity contribution in [2.45, 2.75) is 12.5 Å². The molecule has 6 rings (SSSR count). The van der Waals surface area contributed by atoms with E-state index >= 15 is 0 Å². The van der Waals surface area contributed by atoms with Crippen molar-refractivity contribution >= 4 is 11.3 Å². The maximum Gasteiger partial charge on any atom is 0.128 e. The van der Waals surface area contributed by atoms with E-state index in [2.05, 4.69) is 49.7 Å². The number of hydrogen-bond donors (Lipinski definition) is 1. The van der Waals surface area contributed by atoms with Crippen molar-refractivity contribution in [3.63, 3.8) is 0 Å². The lowest BCUT2D eigenvalue weighted by atomic mass is 10.0. The molecule has 2 fully saturated rings. The van der Waals surface area contributed by atoms with E-state index in [1.54, 1.807) is 0 Å². The highest BCUT2D eigenvalue weighted by Gasteiger charge is 2.26. The largest absolute Gasteiger partial charge is 0.391 e. The number of likely N-dealkylation sites (tertiary alicyclic amines) is 1. The van der Waals surface area contributed by atoms with E-state index in [1.165, 1.54) is 0 Å². The minimum Gasteiger partial charge on any atom is -0.391 e. The Balaban J connectivity index is 1.19. The molecule has 2 aliphatic rings. The predicted molar refractivity (Wildman–Crippen MR) is 136 cm³/mol. The highest BCUT2D eigenvalue weighted by molar-refractivity contribution is 5.84. The molecular weight excluding hydrogens is 440 g/mol. The monoisotopic (exact) mass is 470 g/mol. The summed E-state index contributed by atoms with van der Waals surface area (Å²) in [5.74, 6) is 2.02. The van der Waals surface area contributed by atoms with Crippen molar-refractivity contribution in [1.29, 1.82) is 0 Å². The number of aryl methyl sites for hydroxylation is 1. The van der Waals surface area contributed by atoms with Gasteiger partial charge in [-0.15, -0.1) is 0 Å². The van der Waals surface area contributed by atoms with Crippen molar-refractivity contribution in [3.8, 4) is 22.3 Å². The summed E-state index contributed by atoms with van der Waals surface area (Å²) in [4.78, 5) is 11.7. The van der Waals surface area contributed by atoms with Crippen molar-refractivity contribution in [1.82, 2.24) is 34.2 Å². The summed E-state index contributed by atoms with van der Waals surface area (Å²) < 4.78 is 3.72. The number of aliphatic hydroxyl groups excluding tert-OH is 1. The number of nitrogens with zero attached hydrogens (tertiary/aromatic N) is 8. The van der Waals surface area contributed by atoms with Crippen LogP contribution in [0.4, 0.5) is 5.82 Å². The van der Waals surface area contributed by atoms with Crippen LogP contribution >= 0.6 is 0 Å². The summed E-state index contributed by atoms with van der Waals surface area (Å²) in [7, 11) is 1.92. The van der Waals surface area contributed by atoms with Gasteiger partial charge >= 0.3 is 0 Å². The first-order valence-electron chi connectivity index (χ1n) is 12.1. The quantitative estimate of drug-likeness (QED) is 0.480. The van der Waals surface area contributed by atoms with Gasteiger partial charge in [0.2, 0.25) is 0 Å². The Morgan fingerprint density at radius 2 is 1.80 bits per heavy atom. The second-order valence-electron chi connectivity index (χ2n) is 9.39. The van der Waals surface area contributed by atoms with Gasteiger partial charge < -0.3 is 19.8 Å². The maximum absolute atomic E-state index is 9.84. The van der Waals surface area contributed by atoms with Crippen LogP contribution in [0.5, 0.6) is 0 Å². The van der Waals surface area contributed by atoms with E-state index in [1.807, 2.05) is 53.3 Å². The van der Waals surface area contributed by atoms with Crippen LogP contribution in [0, 0.1) is 0 Å². The Bertz CT molecular complexity index is 1350. The zero-order chi connectivity index (χ0) is 23.9. The van der Waals surface area contributed by atoms with Crippen LogP contribution in [0.1, 0.15) is 6.42 Å². The van der Waals surface area contributed by atoms with E-state index in [0.717, 1.165) is 78.6 Å². The summed E-state index contributed by atoms with van der Waals surface area (Å²) in [6, 6.07) is 8.47. The molecule has 0 aliphatic carbocycles. The molecule has 0 aromatic carbocycles. The highest BCUT2D eigenvalue weighted by Crippen LogP contribution is 2.31. The van der Waals surface area contributed by atoms with Gasteiger partial charge in [0.25, 0.3) is 0 Å². The van der Waals surface area contributed by atoms with Gasteiger partial charge in [-0.05, 0) is 30.7 Å². The molecule has 0 unspecified atom stereocenters. The number of rotatable bonds is 5. The summed E-state index contributed by atoms with van der Waals surface area (Å²) >= 11 is 0. The van der Waals surface area contributed by atoms with E-state index in [-0.39, 0.29) is 6.10 Å². The zero-order valence-corrected chi connectivity index (χ0v) is 20.0. The molecule has 9 nitrogen and oxygen atoms in total. The predicted octanol–water partition coefficient (Wildman–Crippen LogP) is 2.46. The van der Waals surface area contributed by atoms with Crippen molar-refractivity contribution in [2.75, 3.05) is 44.2 Å². The minimum absolute atomic E-state index is 0.232. The summed E-state index contributed by atoms with van der Waals surface area (Å²) in [6.45, 7) is 9.45. The normalized spacial score (nSPS) is 18.6. The molecule has 4 aromatic rings. The van der Waals surface area contributed by atoms with Crippen molar-refractivity contribution in [2.24, 2.45) is 7.05 Å². The lowest BCUT2D eigenvalue weighted by Crippen LogP contribution is -2.48. The Labute approximate surface area is 204 Å². The third-order valence-corrected chi connectivity index (χ3v) is 7.10. The third kappa shape index (κ3) is 4.12. The molecule has 0 bridgehead atoms. The Morgan fingerprint density at radius 1 is 0.943 bits per heavy atom. The van der Waals surface area contributed by atoms with Crippen molar-refractivity contribution in [3.05, 3.63) is 67.6 Å². The van der Waals surface area contributed by atoms with E-state index in [4.69, 9.17) is 4.98 Å². The number of hydrogen-bond acceptors (Lipinski definition) is 7. The number of piperazine rings is 1. The second-order valence-corrected chi connectivity index (χ2v) is 9.39. The molecule has 0 radical (unpaired) electrons. The molecule has 180 valence electrons. The lowest BCUT2D eigenvalue weighted by molar-refractivity contribution is 0.167. The molecule has 35 heavy (non-hydrogen) atoms. The Morgan fingerprint density at radius 3 is 2.49 bits per heavy atom. The van der Waals surface area contributed by atoms with Gasteiger partial charge in [-0.2, -0.15) is 10.2 Å². The average Bonchev–Trinajstić information content (AvgIpc) is 3.64. The molecule has 0 spiro atoms. The number of pyridine rings is 2. The van der Waals surface area contributed by atoms with Crippen LogP contribution in [0.2, 0.25) is 0 Å². The molecule has 2 saturated heterocycles. The van der Waals surface area contributed by atoms with Crippen LogP contribution in [0.3, 0.4) is 0 Å². The third-order valence-electron chi connectivity index (χ3n) is 7.10. The van der Waals surface area contributed by atoms with Crippen LogP contribution < -0.4 is 4.90 Å². The fraction of sp³-hybridized carbons (Fsp3) is 0.346. The first kappa shape index (κ1) is 21.7. The van der Waals surface area contributed by atoms with E-state index in [0.29, 0.717) is 6.54 Å². The number of aliphatic hydroxyl groups is 1. The number of aromatic nitrogens is 5. The fourth-order valence-electron chi connectivity index (χ4n) is 5.09. The molecule has 1 atom stereocenters. The first-order chi connectivity index (χ1) is 17.0. The van der Waals surface area contributed by atoms with Gasteiger partial charge in [0, 0.05) is 93.4 Å². The highest BCUT2D eigenvalue weighted by atomic mass is 16.3. The molecule has 6 heterocycles. The lowest BCUT2D eigenvalue weighted by Gasteiger charge is -2.40. The SMILES string of the molecule is C=C(N1CCN(c2ccc(-c3cc(-c4cnn(C)c4)cn4nccc34)cn2)CC1)N1CC[C@H](O)C1. The Hall–Kier alpha value is -3.85. The van der Waals surface area contributed by atoms with Crippen molar-refractivity contribution < 1.29 is 5.11 Å². The molecular formula is C26H30N8O. The van der Waals surface area contributed by atoms with Crippen LogP contribution in [-0.4, -0.2) is 84.7 Å². The minimum atomic E-state index is -0.232. The van der Waals surface area contributed by atoms with Crippen LogP contribution in [-0.2, 0) is 7.05 Å². The second kappa shape index (κ2) is 8.74. The average molecular weight is 471 g/mol. The van der Waals surface area contributed by atoms with E-state index < -0.39 is 0 Å². The molecule has 4 aromatic heterocycles. The van der Waals surface area contributed by atoms with Gasteiger partial charge in [0.1, 0.15) is 5.82 Å². The molecule has 0 amide bonds. The molecule has 1 N–H and O–H groups in total. The van der Waals surface area contributed by atoms with Gasteiger partial charge in [-0.1, -0.05) is 6.58 Å². The topological polar surface area (TPSA) is 78.0 Å². The Kier molecular flexibility index (Phi) is 5.41. The van der Waals surface area contributed by atoms with Crippen LogP contribution in [0.25, 0.3) is 27.8 Å². The fourth-order valence-corrected chi connectivity index (χ4v) is 5.09. The number of fused-ring (bicyclic) bond motifs is 1. The first-order valence-corrected chi connectivity index (χ1v) is 12.1. The van der Waals surface area contributed by atoms with Gasteiger partial charge in [0.05, 0.1) is 23.6 Å². The van der Waals surface area contributed by atoms with E-state index in [9.17, 15) is 5.11 Å². The smallest absolute Gasteiger partial charge is 0.128 e. The number of anilines is 1. The summed E-state index contributed by atoms with van der Waals surface area (Å²) in [5, 5.41) is 18.6. The van der Waals surface area contributed by atoms with Gasteiger partial charge in [-0.25, -0.2) is 9.50 Å². The molecule has 2 aliphatic heterocycles. The maximum atomic E-state index is 9.84. The molecule has 9 heteroatoms. The molecule has 0 saturated carbocycles. The number of β-amino-alcohol motifs (C(OH)–C–C–N with tert-alkyl or cyclic N) is 1. The summed E-state index contributed by atoms with van der Waals surface area (Å²) in [5.41, 5.74) is 5.32. The van der Waals surface area contributed by atoms with Gasteiger partial charge in [-0.3, -0.25) is 4.68 Å². The summed E-state index contributed by atoms with van der Waals surface area (Å²) in [6.07, 6.45) is 10.3. The standard InChI is InChI=1S/C26H30N8O/c1-19(33-8-6-23(35)18-33)31-9-11-32(12-10-31)26-4-3-20(14-27-26)24-13-21(22-15-29-30(2)16-22)17-34-25(24)5-7-28-34/h3-5,7,13-17,23,35H,1,6,8-12,18H2,2H3/t23-/m0/s1.